The van der Waals surface area contributed by atoms with Gasteiger partial charge in [0, 0.05) is 12.3 Å². The zero-order chi connectivity index (χ0) is 8.15. The Bertz CT molecular complexity index is 170. The van der Waals surface area contributed by atoms with E-state index in [1.807, 2.05) is 13.8 Å². The van der Waals surface area contributed by atoms with Crippen molar-refractivity contribution < 1.29 is 4.79 Å². The SMILES string of the molecule is C=CN(S)C(=O)C=C(C)C. The van der Waals surface area contributed by atoms with Crippen LogP contribution < -0.4 is 0 Å². The van der Waals surface area contributed by atoms with Crippen LogP contribution in [-0.4, -0.2) is 10.2 Å². The monoisotopic (exact) mass is 157 g/mol. The first-order valence-corrected chi connectivity index (χ1v) is 3.27. The summed E-state index contributed by atoms with van der Waals surface area (Å²) in [7, 11) is 0. The van der Waals surface area contributed by atoms with E-state index in [2.05, 4.69) is 19.4 Å². The van der Waals surface area contributed by atoms with Gasteiger partial charge < -0.3 is 0 Å². The van der Waals surface area contributed by atoms with E-state index < -0.39 is 0 Å². The minimum atomic E-state index is -0.168. The Labute approximate surface area is 66.8 Å². The molecule has 1 amide bonds. The number of nitrogens with zero attached hydrogens (tertiary/aromatic N) is 1. The molecule has 0 fully saturated rings. The van der Waals surface area contributed by atoms with Gasteiger partial charge in [-0.2, -0.15) is 0 Å². The second-order valence-electron chi connectivity index (χ2n) is 2.09. The lowest BCUT2D eigenvalue weighted by Gasteiger charge is -2.05. The molecule has 0 unspecified atom stereocenters. The molecule has 0 aromatic heterocycles. The quantitative estimate of drug-likeness (QED) is 0.478. The average molecular weight is 157 g/mol. The second kappa shape index (κ2) is 4.17. The zero-order valence-electron chi connectivity index (χ0n) is 6.16. The Morgan fingerprint density at radius 2 is 2.10 bits per heavy atom. The summed E-state index contributed by atoms with van der Waals surface area (Å²) in [4.78, 5) is 10.9. The number of rotatable bonds is 2. The largest absolute Gasteiger partial charge is 0.268 e. The molecule has 0 N–H and O–H groups in total. The van der Waals surface area contributed by atoms with Gasteiger partial charge in [0.1, 0.15) is 0 Å². The Balaban J connectivity index is 4.10. The fourth-order valence-electron chi connectivity index (χ4n) is 0.403. The lowest BCUT2D eigenvalue weighted by Crippen LogP contribution is -2.11. The van der Waals surface area contributed by atoms with Crippen molar-refractivity contribution in [3.8, 4) is 0 Å². The van der Waals surface area contributed by atoms with Gasteiger partial charge in [-0.05, 0) is 13.8 Å². The number of thiol groups is 1. The van der Waals surface area contributed by atoms with Gasteiger partial charge in [0.2, 0.25) is 0 Å². The standard InChI is InChI=1S/C7H11NOS/c1-4-8(10)7(9)5-6(2)3/h4-5,10H,1H2,2-3H3. The molecule has 0 heterocycles. The molecule has 2 nitrogen and oxygen atoms in total. The summed E-state index contributed by atoms with van der Waals surface area (Å²) in [6.07, 6.45) is 2.85. The molecule has 0 aromatic carbocycles. The first kappa shape index (κ1) is 9.30. The van der Waals surface area contributed by atoms with Crippen molar-refractivity contribution in [2.24, 2.45) is 0 Å². The number of allylic oxidation sites excluding steroid dienone is 1. The van der Waals surface area contributed by atoms with Crippen molar-refractivity contribution in [3.05, 3.63) is 24.4 Å². The highest BCUT2D eigenvalue weighted by Crippen LogP contribution is 1.98. The topological polar surface area (TPSA) is 20.3 Å². The van der Waals surface area contributed by atoms with Crippen molar-refractivity contribution in [1.29, 1.82) is 0 Å². The number of hydrogen-bond donors (Lipinski definition) is 1. The summed E-state index contributed by atoms with van der Waals surface area (Å²) >= 11 is 3.82. The predicted octanol–water partition coefficient (Wildman–Crippen LogP) is 1.77. The number of amides is 1. The Morgan fingerprint density at radius 3 is 2.40 bits per heavy atom. The molecule has 0 aliphatic carbocycles. The van der Waals surface area contributed by atoms with Crippen molar-refractivity contribution in [3.63, 3.8) is 0 Å². The molecule has 10 heavy (non-hydrogen) atoms. The van der Waals surface area contributed by atoms with Crippen LogP contribution in [0.5, 0.6) is 0 Å². The number of carbonyl (C=O) groups is 1. The molecule has 0 radical (unpaired) electrons. The van der Waals surface area contributed by atoms with Gasteiger partial charge in [-0.25, -0.2) is 0 Å². The van der Waals surface area contributed by atoms with Crippen LogP contribution in [0.2, 0.25) is 0 Å². The molecule has 56 valence electrons. The summed E-state index contributed by atoms with van der Waals surface area (Å²) in [5.74, 6) is -0.168. The predicted molar refractivity (Wildman–Crippen MR) is 45.5 cm³/mol. The third kappa shape index (κ3) is 3.35. The third-order valence-corrected chi connectivity index (χ3v) is 1.17. The van der Waals surface area contributed by atoms with Crippen LogP contribution in [0, 0.1) is 0 Å². The van der Waals surface area contributed by atoms with E-state index in [1.54, 1.807) is 0 Å². The van der Waals surface area contributed by atoms with Crippen LogP contribution >= 0.6 is 12.8 Å². The molecular weight excluding hydrogens is 146 g/mol. The van der Waals surface area contributed by atoms with E-state index in [0.717, 1.165) is 9.88 Å². The first-order valence-electron chi connectivity index (χ1n) is 2.87. The molecule has 0 spiro atoms. The van der Waals surface area contributed by atoms with Gasteiger partial charge in [-0.1, -0.05) is 25.0 Å². The summed E-state index contributed by atoms with van der Waals surface area (Å²) < 4.78 is 1.13. The number of hydrogen-bond acceptors (Lipinski definition) is 2. The highest BCUT2D eigenvalue weighted by molar-refractivity contribution is 7.78. The summed E-state index contributed by atoms with van der Waals surface area (Å²) in [6, 6.07) is 0. The van der Waals surface area contributed by atoms with Crippen LogP contribution in [0.4, 0.5) is 0 Å². The fraction of sp³-hybridized carbons (Fsp3) is 0.286. The molecule has 0 aliphatic heterocycles. The van der Waals surface area contributed by atoms with Crippen molar-refractivity contribution >= 4 is 18.7 Å². The minimum absolute atomic E-state index is 0.168. The van der Waals surface area contributed by atoms with Crippen LogP contribution in [0.25, 0.3) is 0 Å². The van der Waals surface area contributed by atoms with Gasteiger partial charge >= 0.3 is 0 Å². The summed E-state index contributed by atoms with van der Waals surface area (Å²) in [5.41, 5.74) is 0.950. The normalized spacial score (nSPS) is 8.30. The maximum atomic E-state index is 10.9. The average Bonchev–Trinajstić information content (AvgIpc) is 1.85. The molecule has 0 saturated heterocycles. The highest BCUT2D eigenvalue weighted by atomic mass is 32.1. The smallest absolute Gasteiger partial charge is 0.260 e. The lowest BCUT2D eigenvalue weighted by atomic mass is 10.3. The summed E-state index contributed by atoms with van der Waals surface area (Å²) in [5, 5.41) is 0. The first-order chi connectivity index (χ1) is 4.57. The highest BCUT2D eigenvalue weighted by Gasteiger charge is 1.99. The van der Waals surface area contributed by atoms with E-state index in [-0.39, 0.29) is 5.91 Å². The lowest BCUT2D eigenvalue weighted by molar-refractivity contribution is -0.119. The molecule has 0 bridgehead atoms. The van der Waals surface area contributed by atoms with Gasteiger partial charge in [0.05, 0.1) is 0 Å². The maximum absolute atomic E-state index is 10.9. The second-order valence-corrected chi connectivity index (χ2v) is 2.52. The van der Waals surface area contributed by atoms with Crippen LogP contribution in [0.15, 0.2) is 24.4 Å². The van der Waals surface area contributed by atoms with Crippen LogP contribution in [-0.2, 0) is 4.79 Å². The van der Waals surface area contributed by atoms with Gasteiger partial charge in [0.15, 0.2) is 0 Å². The van der Waals surface area contributed by atoms with E-state index in [1.165, 1.54) is 12.3 Å². The van der Waals surface area contributed by atoms with Crippen LogP contribution in [0.1, 0.15) is 13.8 Å². The van der Waals surface area contributed by atoms with Gasteiger partial charge in [0.25, 0.3) is 5.91 Å². The third-order valence-electron chi connectivity index (χ3n) is 0.811. The fourth-order valence-corrected chi connectivity index (χ4v) is 0.461. The molecule has 0 rings (SSSR count). The molecule has 0 atom stereocenters. The van der Waals surface area contributed by atoms with E-state index >= 15 is 0 Å². The number of carbonyl (C=O) groups excluding carboxylic acids is 1. The van der Waals surface area contributed by atoms with Crippen molar-refractivity contribution in [2.75, 3.05) is 0 Å². The maximum Gasteiger partial charge on any atom is 0.260 e. The zero-order valence-corrected chi connectivity index (χ0v) is 7.06. The minimum Gasteiger partial charge on any atom is -0.268 e. The van der Waals surface area contributed by atoms with E-state index in [9.17, 15) is 4.79 Å². The van der Waals surface area contributed by atoms with Gasteiger partial charge in [-0.3, -0.25) is 9.10 Å². The van der Waals surface area contributed by atoms with Crippen molar-refractivity contribution in [2.45, 2.75) is 13.8 Å². The molecule has 0 aliphatic rings. The Hall–Kier alpha value is -0.700. The van der Waals surface area contributed by atoms with E-state index in [0.29, 0.717) is 0 Å². The molecule has 3 heteroatoms. The molecular formula is C7H11NOS. The van der Waals surface area contributed by atoms with E-state index in [4.69, 9.17) is 0 Å². The van der Waals surface area contributed by atoms with Gasteiger partial charge in [-0.15, -0.1) is 0 Å². The summed E-state index contributed by atoms with van der Waals surface area (Å²) in [6.45, 7) is 7.09. The Kier molecular flexibility index (Phi) is 3.88. The molecule has 0 aromatic rings. The Morgan fingerprint density at radius 1 is 1.60 bits per heavy atom. The van der Waals surface area contributed by atoms with Crippen molar-refractivity contribution in [1.82, 2.24) is 4.31 Å². The molecule has 0 saturated carbocycles. The van der Waals surface area contributed by atoms with Crippen LogP contribution in [0.3, 0.4) is 0 Å².